The topological polar surface area (TPSA) is 67.4 Å². The van der Waals surface area contributed by atoms with E-state index < -0.39 is 0 Å². The van der Waals surface area contributed by atoms with Crippen molar-refractivity contribution in [2.45, 2.75) is 50.7 Å². The Morgan fingerprint density at radius 3 is 3.17 bits per heavy atom. The van der Waals surface area contributed by atoms with Crippen LogP contribution in [0.4, 0.5) is 5.82 Å². The highest BCUT2D eigenvalue weighted by Gasteiger charge is 2.63. The van der Waals surface area contributed by atoms with E-state index in [9.17, 15) is 4.79 Å². The molecule has 1 aliphatic carbocycles. The Labute approximate surface area is 177 Å². The molecule has 5 heterocycles. The summed E-state index contributed by atoms with van der Waals surface area (Å²) in [6, 6.07) is 6.34. The molecule has 2 aromatic heterocycles. The molecule has 0 saturated carbocycles. The minimum absolute atomic E-state index is 0.0347. The number of amides is 1. The van der Waals surface area contributed by atoms with Gasteiger partial charge in [-0.25, -0.2) is 4.98 Å². The molecule has 1 N–H and O–H groups in total. The highest BCUT2D eigenvalue weighted by Crippen LogP contribution is 2.55. The molecule has 6 nitrogen and oxygen atoms in total. The molecule has 2 bridgehead atoms. The molecule has 0 unspecified atom stereocenters. The Morgan fingerprint density at radius 2 is 2.27 bits per heavy atom. The second-order valence-electron chi connectivity index (χ2n) is 9.44. The van der Waals surface area contributed by atoms with Crippen LogP contribution in [-0.4, -0.2) is 47.2 Å². The smallest absolute Gasteiger partial charge is 0.253 e. The fourth-order valence-corrected chi connectivity index (χ4v) is 6.23. The lowest BCUT2D eigenvalue weighted by Crippen LogP contribution is -2.42. The van der Waals surface area contributed by atoms with Gasteiger partial charge >= 0.3 is 0 Å². The largest absolute Gasteiger partial charge is 0.369 e. The van der Waals surface area contributed by atoms with Crippen molar-refractivity contribution in [2.24, 2.45) is 11.8 Å². The fourth-order valence-electron chi connectivity index (χ4n) is 6.23. The van der Waals surface area contributed by atoms with E-state index in [1.54, 1.807) is 12.4 Å². The van der Waals surface area contributed by atoms with Gasteiger partial charge in [-0.15, -0.1) is 0 Å². The van der Waals surface area contributed by atoms with Crippen LogP contribution < -0.4 is 10.2 Å². The number of hydrogen-bond donors (Lipinski definition) is 1. The molecule has 0 aromatic carbocycles. The summed E-state index contributed by atoms with van der Waals surface area (Å²) in [7, 11) is 0. The molecule has 1 spiro atoms. The highest BCUT2D eigenvalue weighted by atomic mass is 16.5. The van der Waals surface area contributed by atoms with E-state index in [4.69, 9.17) is 9.72 Å². The van der Waals surface area contributed by atoms with Gasteiger partial charge in [0.1, 0.15) is 5.82 Å². The van der Waals surface area contributed by atoms with Crippen molar-refractivity contribution in [1.82, 2.24) is 15.3 Å². The standard InChI is InChI=1S/C24H28N4O2/c1-15-8-10-25-11-17(15)23(29)26-12-18-19-13-28(14-24(19)9-7-21(18)30-24)22-6-5-16-3-2-4-20(16)27-22/h5-6,8,10-11,18-19,21H,2-4,7,9,12-14H2,1H3,(H,26,29)/t18-,19+,21+,24+/m0/s1. The van der Waals surface area contributed by atoms with Crippen LogP contribution >= 0.6 is 0 Å². The number of aromatic nitrogens is 2. The minimum atomic E-state index is -0.0645. The lowest BCUT2D eigenvalue weighted by atomic mass is 9.73. The molecule has 6 rings (SSSR count). The lowest BCUT2D eigenvalue weighted by molar-refractivity contribution is 0.0141. The molecule has 1 amide bonds. The van der Waals surface area contributed by atoms with E-state index in [2.05, 4.69) is 27.3 Å². The number of anilines is 1. The predicted molar refractivity (Wildman–Crippen MR) is 114 cm³/mol. The second kappa shape index (κ2) is 6.77. The van der Waals surface area contributed by atoms with Crippen LogP contribution in [0.25, 0.3) is 0 Å². The van der Waals surface area contributed by atoms with Gasteiger partial charge in [0, 0.05) is 49.6 Å². The summed E-state index contributed by atoms with van der Waals surface area (Å²) in [6.45, 7) is 4.50. The average molecular weight is 405 g/mol. The SMILES string of the molecule is Cc1ccncc1C(=O)NC[C@H]1[C@H]2CN(c3ccc4c(n3)CCC4)C[C@]23CC[C@H]1O3. The summed E-state index contributed by atoms with van der Waals surface area (Å²) in [4.78, 5) is 24.2. The van der Waals surface area contributed by atoms with Gasteiger partial charge in [-0.05, 0) is 62.3 Å². The third-order valence-electron chi connectivity index (χ3n) is 7.80. The van der Waals surface area contributed by atoms with Crippen molar-refractivity contribution >= 4 is 11.7 Å². The van der Waals surface area contributed by atoms with Gasteiger partial charge in [0.05, 0.1) is 17.3 Å². The van der Waals surface area contributed by atoms with Crippen molar-refractivity contribution in [2.75, 3.05) is 24.5 Å². The van der Waals surface area contributed by atoms with Gasteiger partial charge in [-0.3, -0.25) is 9.78 Å². The molecule has 3 fully saturated rings. The number of pyridine rings is 2. The van der Waals surface area contributed by atoms with Crippen LogP contribution in [0.1, 0.15) is 46.4 Å². The van der Waals surface area contributed by atoms with Gasteiger partial charge in [-0.1, -0.05) is 6.07 Å². The molecule has 0 radical (unpaired) electrons. The first kappa shape index (κ1) is 18.3. The molecule has 3 aliphatic heterocycles. The average Bonchev–Trinajstić information content (AvgIpc) is 3.51. The van der Waals surface area contributed by atoms with E-state index in [1.165, 1.54) is 17.7 Å². The van der Waals surface area contributed by atoms with Gasteiger partial charge in [0.15, 0.2) is 0 Å². The summed E-state index contributed by atoms with van der Waals surface area (Å²) >= 11 is 0. The Balaban J connectivity index is 1.18. The number of carbonyl (C=O) groups is 1. The third-order valence-corrected chi connectivity index (χ3v) is 7.80. The van der Waals surface area contributed by atoms with Crippen molar-refractivity contribution in [3.63, 3.8) is 0 Å². The Hall–Kier alpha value is -2.47. The molecule has 4 atom stereocenters. The molecular weight excluding hydrogens is 376 g/mol. The van der Waals surface area contributed by atoms with Gasteiger partial charge < -0.3 is 15.0 Å². The number of carbonyl (C=O) groups excluding carboxylic acids is 1. The van der Waals surface area contributed by atoms with E-state index in [-0.39, 0.29) is 17.6 Å². The molecular formula is C24H28N4O2. The van der Waals surface area contributed by atoms with Crippen molar-refractivity contribution in [3.8, 4) is 0 Å². The van der Waals surface area contributed by atoms with E-state index >= 15 is 0 Å². The second-order valence-corrected chi connectivity index (χ2v) is 9.44. The molecule has 3 saturated heterocycles. The van der Waals surface area contributed by atoms with Crippen LogP contribution in [-0.2, 0) is 17.6 Å². The van der Waals surface area contributed by atoms with E-state index in [0.29, 0.717) is 23.9 Å². The fraction of sp³-hybridized carbons (Fsp3) is 0.542. The number of hydrogen-bond acceptors (Lipinski definition) is 5. The van der Waals surface area contributed by atoms with Gasteiger partial charge in [0.25, 0.3) is 5.91 Å². The maximum Gasteiger partial charge on any atom is 0.253 e. The van der Waals surface area contributed by atoms with Gasteiger partial charge in [-0.2, -0.15) is 0 Å². The Morgan fingerprint density at radius 1 is 1.33 bits per heavy atom. The van der Waals surface area contributed by atoms with E-state index in [1.807, 2.05) is 13.0 Å². The molecule has 6 heteroatoms. The zero-order valence-electron chi connectivity index (χ0n) is 17.4. The van der Waals surface area contributed by atoms with Crippen LogP contribution in [0.3, 0.4) is 0 Å². The van der Waals surface area contributed by atoms with Crippen LogP contribution in [0.15, 0.2) is 30.6 Å². The quantitative estimate of drug-likeness (QED) is 0.849. The summed E-state index contributed by atoms with van der Waals surface area (Å²) in [6.07, 6.45) is 9.34. The predicted octanol–water partition coefficient (Wildman–Crippen LogP) is 2.69. The summed E-state index contributed by atoms with van der Waals surface area (Å²) in [5.41, 5.74) is 4.25. The maximum absolute atomic E-state index is 12.7. The summed E-state index contributed by atoms with van der Waals surface area (Å²) < 4.78 is 6.57. The number of nitrogens with one attached hydrogen (secondary N) is 1. The molecule has 2 aromatic rings. The number of aryl methyl sites for hydroxylation is 3. The molecule has 4 aliphatic rings. The lowest BCUT2D eigenvalue weighted by Gasteiger charge is -2.29. The minimum Gasteiger partial charge on any atom is -0.369 e. The van der Waals surface area contributed by atoms with Crippen molar-refractivity contribution in [1.29, 1.82) is 0 Å². The van der Waals surface area contributed by atoms with Crippen LogP contribution in [0, 0.1) is 18.8 Å². The third kappa shape index (κ3) is 2.77. The first-order chi connectivity index (χ1) is 14.6. The van der Waals surface area contributed by atoms with Crippen LogP contribution in [0.2, 0.25) is 0 Å². The first-order valence-electron chi connectivity index (χ1n) is 11.2. The number of ether oxygens (including phenoxy) is 1. The summed E-state index contributed by atoms with van der Waals surface area (Å²) in [5.74, 6) is 1.87. The number of nitrogens with zero attached hydrogens (tertiary/aromatic N) is 3. The summed E-state index contributed by atoms with van der Waals surface area (Å²) in [5, 5.41) is 3.17. The monoisotopic (exact) mass is 404 g/mol. The zero-order chi connectivity index (χ0) is 20.3. The molecule has 30 heavy (non-hydrogen) atoms. The maximum atomic E-state index is 12.7. The molecule has 156 valence electrons. The highest BCUT2D eigenvalue weighted by molar-refractivity contribution is 5.95. The van der Waals surface area contributed by atoms with Crippen molar-refractivity contribution in [3.05, 3.63) is 53.0 Å². The number of rotatable bonds is 4. The Kier molecular flexibility index (Phi) is 4.13. The van der Waals surface area contributed by atoms with E-state index in [0.717, 1.165) is 50.2 Å². The van der Waals surface area contributed by atoms with Crippen LogP contribution in [0.5, 0.6) is 0 Å². The zero-order valence-corrected chi connectivity index (χ0v) is 17.4. The van der Waals surface area contributed by atoms with Crippen molar-refractivity contribution < 1.29 is 9.53 Å². The van der Waals surface area contributed by atoms with Gasteiger partial charge in [0.2, 0.25) is 0 Å². The Bertz CT molecular complexity index is 1010. The first-order valence-corrected chi connectivity index (χ1v) is 11.2. The normalized spacial score (nSPS) is 31.1. The number of fused-ring (bicyclic) bond motifs is 2.